The van der Waals surface area contributed by atoms with Gasteiger partial charge < -0.3 is 10.2 Å². The summed E-state index contributed by atoms with van der Waals surface area (Å²) in [5.41, 5.74) is 0. The molecule has 82 valence electrons. The number of nitrogens with zero attached hydrogens (tertiary/aromatic N) is 2. The Labute approximate surface area is 95.4 Å². The summed E-state index contributed by atoms with van der Waals surface area (Å²) in [5.74, 6) is 0.901. The van der Waals surface area contributed by atoms with E-state index < -0.39 is 0 Å². The molecule has 2 heterocycles. The number of pyridine rings is 1. The Kier molecular flexibility index (Phi) is 3.80. The highest BCUT2D eigenvalue weighted by Gasteiger charge is 2.09. The maximum atomic E-state index is 5.75. The third-order valence-corrected chi connectivity index (χ3v) is 2.88. The summed E-state index contributed by atoms with van der Waals surface area (Å²) in [6, 6.07) is 3.76. The molecular formula is C11H16ClN3. The van der Waals surface area contributed by atoms with Gasteiger partial charge in [-0.25, -0.2) is 4.98 Å². The fraction of sp³-hybridized carbons (Fsp3) is 0.545. The molecule has 0 unspecified atom stereocenters. The number of hydrogen-bond acceptors (Lipinski definition) is 3. The van der Waals surface area contributed by atoms with E-state index in [0.29, 0.717) is 5.02 Å². The zero-order valence-electron chi connectivity index (χ0n) is 8.75. The summed E-state index contributed by atoms with van der Waals surface area (Å²) in [6.07, 6.45) is 4.36. The minimum Gasteiger partial charge on any atom is -0.369 e. The van der Waals surface area contributed by atoms with Crippen LogP contribution in [0.5, 0.6) is 0 Å². The summed E-state index contributed by atoms with van der Waals surface area (Å²) in [5, 5.41) is 3.97. The van der Waals surface area contributed by atoms with E-state index in [9.17, 15) is 0 Å². The summed E-state index contributed by atoms with van der Waals surface area (Å²) in [4.78, 5) is 6.66. The van der Waals surface area contributed by atoms with Crippen LogP contribution >= 0.6 is 11.6 Å². The second kappa shape index (κ2) is 5.33. The van der Waals surface area contributed by atoms with Crippen LogP contribution in [-0.2, 0) is 0 Å². The normalized spacial score (nSPS) is 16.9. The van der Waals surface area contributed by atoms with E-state index in [1.54, 1.807) is 6.20 Å². The van der Waals surface area contributed by atoms with Crippen LogP contribution in [0.2, 0.25) is 5.02 Å². The molecule has 0 spiro atoms. The van der Waals surface area contributed by atoms with Crippen molar-refractivity contribution in [1.29, 1.82) is 0 Å². The molecule has 0 aromatic carbocycles. The molecule has 4 heteroatoms. The van der Waals surface area contributed by atoms with Crippen LogP contribution in [0, 0.1) is 0 Å². The Balaban J connectivity index is 1.71. The number of likely N-dealkylation sites (tertiary alicyclic amines) is 1. The largest absolute Gasteiger partial charge is 0.369 e. The van der Waals surface area contributed by atoms with E-state index in [2.05, 4.69) is 15.2 Å². The Bertz CT molecular complexity index is 293. The first-order chi connectivity index (χ1) is 7.34. The van der Waals surface area contributed by atoms with Gasteiger partial charge in [0.15, 0.2) is 0 Å². The van der Waals surface area contributed by atoms with Crippen molar-refractivity contribution in [2.75, 3.05) is 31.5 Å². The van der Waals surface area contributed by atoms with E-state index in [0.717, 1.165) is 18.9 Å². The van der Waals surface area contributed by atoms with Gasteiger partial charge in [0, 0.05) is 19.3 Å². The smallest absolute Gasteiger partial charge is 0.126 e. The third-order valence-electron chi connectivity index (χ3n) is 2.66. The maximum absolute atomic E-state index is 5.75. The van der Waals surface area contributed by atoms with Crippen molar-refractivity contribution in [3.8, 4) is 0 Å². The van der Waals surface area contributed by atoms with Crippen LogP contribution in [0.25, 0.3) is 0 Å². The van der Waals surface area contributed by atoms with Crippen molar-refractivity contribution in [2.24, 2.45) is 0 Å². The van der Waals surface area contributed by atoms with Gasteiger partial charge in [-0.1, -0.05) is 11.6 Å². The van der Waals surface area contributed by atoms with Crippen molar-refractivity contribution in [3.63, 3.8) is 0 Å². The molecule has 0 radical (unpaired) electrons. The lowest BCUT2D eigenvalue weighted by molar-refractivity contribution is 0.352. The number of hydrogen-bond donors (Lipinski definition) is 1. The van der Waals surface area contributed by atoms with Gasteiger partial charge in [0.1, 0.15) is 5.82 Å². The van der Waals surface area contributed by atoms with E-state index in [-0.39, 0.29) is 0 Å². The van der Waals surface area contributed by atoms with Crippen molar-refractivity contribution < 1.29 is 0 Å². The molecule has 3 nitrogen and oxygen atoms in total. The summed E-state index contributed by atoms with van der Waals surface area (Å²) >= 11 is 5.75. The minimum absolute atomic E-state index is 0.681. The molecular weight excluding hydrogens is 210 g/mol. The van der Waals surface area contributed by atoms with Crippen molar-refractivity contribution in [1.82, 2.24) is 9.88 Å². The van der Waals surface area contributed by atoms with E-state index in [4.69, 9.17) is 11.6 Å². The fourth-order valence-electron chi connectivity index (χ4n) is 1.83. The highest BCUT2D eigenvalue weighted by molar-refractivity contribution is 6.30. The molecule has 1 N–H and O–H groups in total. The van der Waals surface area contributed by atoms with Gasteiger partial charge in [0.25, 0.3) is 0 Å². The summed E-state index contributed by atoms with van der Waals surface area (Å²) in [6.45, 7) is 4.55. The molecule has 0 bridgehead atoms. The third kappa shape index (κ3) is 3.36. The van der Waals surface area contributed by atoms with E-state index in [1.165, 1.54) is 25.9 Å². The van der Waals surface area contributed by atoms with Gasteiger partial charge in [-0.3, -0.25) is 0 Å². The average Bonchev–Trinajstić information content (AvgIpc) is 2.74. The standard InChI is InChI=1S/C11H16ClN3/c12-10-3-4-11(14-9-10)13-5-8-15-6-1-2-7-15/h3-4,9H,1-2,5-8H2,(H,13,14). The zero-order chi connectivity index (χ0) is 10.5. The molecule has 0 atom stereocenters. The number of anilines is 1. The summed E-state index contributed by atoms with van der Waals surface area (Å²) < 4.78 is 0. The van der Waals surface area contributed by atoms with Crippen LogP contribution < -0.4 is 5.32 Å². The second-order valence-electron chi connectivity index (χ2n) is 3.84. The number of aromatic nitrogens is 1. The zero-order valence-corrected chi connectivity index (χ0v) is 9.50. The number of rotatable bonds is 4. The Hall–Kier alpha value is -0.800. The van der Waals surface area contributed by atoms with Gasteiger partial charge in [0.05, 0.1) is 5.02 Å². The average molecular weight is 226 g/mol. The lowest BCUT2D eigenvalue weighted by atomic mass is 10.4. The van der Waals surface area contributed by atoms with Crippen LogP contribution in [0.15, 0.2) is 18.3 Å². The van der Waals surface area contributed by atoms with Gasteiger partial charge in [-0.15, -0.1) is 0 Å². The van der Waals surface area contributed by atoms with Gasteiger partial charge in [0.2, 0.25) is 0 Å². The molecule has 1 saturated heterocycles. The first-order valence-corrected chi connectivity index (χ1v) is 5.80. The number of halogens is 1. The van der Waals surface area contributed by atoms with E-state index in [1.807, 2.05) is 12.1 Å². The Morgan fingerprint density at radius 1 is 1.33 bits per heavy atom. The lowest BCUT2D eigenvalue weighted by Gasteiger charge is -2.14. The van der Waals surface area contributed by atoms with Crippen LogP contribution in [0.1, 0.15) is 12.8 Å². The molecule has 0 saturated carbocycles. The molecule has 1 aromatic rings. The van der Waals surface area contributed by atoms with Gasteiger partial charge in [-0.05, 0) is 38.1 Å². The minimum atomic E-state index is 0.681. The van der Waals surface area contributed by atoms with Crippen molar-refractivity contribution in [2.45, 2.75) is 12.8 Å². The molecule has 2 rings (SSSR count). The highest BCUT2D eigenvalue weighted by Crippen LogP contribution is 2.10. The van der Waals surface area contributed by atoms with Gasteiger partial charge >= 0.3 is 0 Å². The fourth-order valence-corrected chi connectivity index (χ4v) is 1.94. The first kappa shape index (κ1) is 10.7. The quantitative estimate of drug-likeness (QED) is 0.852. The Morgan fingerprint density at radius 2 is 2.13 bits per heavy atom. The molecule has 1 aromatic heterocycles. The lowest BCUT2D eigenvalue weighted by Crippen LogP contribution is -2.26. The van der Waals surface area contributed by atoms with Crippen molar-refractivity contribution in [3.05, 3.63) is 23.4 Å². The predicted molar refractivity (Wildman–Crippen MR) is 63.4 cm³/mol. The first-order valence-electron chi connectivity index (χ1n) is 5.42. The van der Waals surface area contributed by atoms with Crippen LogP contribution in [0.3, 0.4) is 0 Å². The van der Waals surface area contributed by atoms with Crippen molar-refractivity contribution >= 4 is 17.4 Å². The van der Waals surface area contributed by atoms with Crippen LogP contribution in [0.4, 0.5) is 5.82 Å². The molecule has 0 amide bonds. The molecule has 1 aliphatic heterocycles. The topological polar surface area (TPSA) is 28.2 Å². The predicted octanol–water partition coefficient (Wildman–Crippen LogP) is 2.24. The Morgan fingerprint density at radius 3 is 2.80 bits per heavy atom. The highest BCUT2D eigenvalue weighted by atomic mass is 35.5. The molecule has 1 fully saturated rings. The van der Waals surface area contributed by atoms with E-state index >= 15 is 0 Å². The molecule has 0 aliphatic carbocycles. The number of nitrogens with one attached hydrogen (secondary N) is 1. The monoisotopic (exact) mass is 225 g/mol. The van der Waals surface area contributed by atoms with Crippen LogP contribution in [-0.4, -0.2) is 36.1 Å². The summed E-state index contributed by atoms with van der Waals surface area (Å²) in [7, 11) is 0. The second-order valence-corrected chi connectivity index (χ2v) is 4.27. The maximum Gasteiger partial charge on any atom is 0.126 e. The molecule has 15 heavy (non-hydrogen) atoms. The SMILES string of the molecule is Clc1ccc(NCCN2CCCC2)nc1. The molecule has 1 aliphatic rings. The van der Waals surface area contributed by atoms with Gasteiger partial charge in [-0.2, -0.15) is 0 Å².